The normalized spacial score (nSPS) is 11.8. The predicted molar refractivity (Wildman–Crippen MR) is 107 cm³/mol. The zero-order valence-corrected chi connectivity index (χ0v) is 17.3. The van der Waals surface area contributed by atoms with Crippen LogP contribution in [0.5, 0.6) is 11.5 Å². The van der Waals surface area contributed by atoms with Gasteiger partial charge in [-0.05, 0) is 25.0 Å². The van der Waals surface area contributed by atoms with Gasteiger partial charge in [0.2, 0.25) is 0 Å². The van der Waals surface area contributed by atoms with E-state index in [9.17, 15) is 8.78 Å². The van der Waals surface area contributed by atoms with Crippen molar-refractivity contribution in [2.75, 3.05) is 13.7 Å². The largest absolute Gasteiger partial charge is 0.497 e. The fraction of sp³-hybridized carbons (Fsp3) is 0.474. The SMILES string of the molecule is CCNC(=NCc1ccc(OC)cc1OC(F)F)NCc1nc(C(C)C)cs1. The first kappa shape index (κ1) is 21.9. The highest BCUT2D eigenvalue weighted by Gasteiger charge is 2.12. The highest BCUT2D eigenvalue weighted by molar-refractivity contribution is 7.09. The lowest BCUT2D eigenvalue weighted by atomic mass is 10.2. The van der Waals surface area contributed by atoms with Crippen molar-refractivity contribution in [3.05, 3.63) is 39.8 Å². The van der Waals surface area contributed by atoms with Gasteiger partial charge in [-0.15, -0.1) is 11.3 Å². The summed E-state index contributed by atoms with van der Waals surface area (Å²) in [7, 11) is 1.47. The van der Waals surface area contributed by atoms with Crippen LogP contribution in [0.1, 0.15) is 43.0 Å². The van der Waals surface area contributed by atoms with Crippen molar-refractivity contribution in [1.29, 1.82) is 0 Å². The number of guanidine groups is 1. The molecule has 2 rings (SSSR count). The van der Waals surface area contributed by atoms with E-state index in [1.807, 2.05) is 6.92 Å². The maximum Gasteiger partial charge on any atom is 0.387 e. The van der Waals surface area contributed by atoms with Crippen LogP contribution in [-0.4, -0.2) is 31.2 Å². The summed E-state index contributed by atoms with van der Waals surface area (Å²) in [4.78, 5) is 9.05. The molecular formula is C19H26F2N4O2S. The van der Waals surface area contributed by atoms with Gasteiger partial charge in [-0.3, -0.25) is 0 Å². The summed E-state index contributed by atoms with van der Waals surface area (Å²) in [6.07, 6.45) is 0. The van der Waals surface area contributed by atoms with E-state index >= 15 is 0 Å². The van der Waals surface area contributed by atoms with Gasteiger partial charge in [0.05, 0.1) is 25.9 Å². The van der Waals surface area contributed by atoms with Crippen molar-refractivity contribution < 1.29 is 18.3 Å². The molecule has 0 amide bonds. The number of methoxy groups -OCH3 is 1. The van der Waals surface area contributed by atoms with E-state index in [2.05, 4.69) is 44.6 Å². The summed E-state index contributed by atoms with van der Waals surface area (Å²) in [6, 6.07) is 4.78. The quantitative estimate of drug-likeness (QED) is 0.479. The summed E-state index contributed by atoms with van der Waals surface area (Å²) >= 11 is 1.59. The number of nitrogens with zero attached hydrogens (tertiary/aromatic N) is 2. The Bertz CT molecular complexity index is 781. The molecule has 1 heterocycles. The van der Waals surface area contributed by atoms with Gasteiger partial charge in [0.1, 0.15) is 16.5 Å². The summed E-state index contributed by atoms with van der Waals surface area (Å²) < 4.78 is 35.1. The van der Waals surface area contributed by atoms with E-state index in [-0.39, 0.29) is 12.3 Å². The number of halogens is 2. The number of aromatic nitrogens is 1. The van der Waals surface area contributed by atoms with Gasteiger partial charge in [0.25, 0.3) is 0 Å². The number of benzene rings is 1. The summed E-state index contributed by atoms with van der Waals surface area (Å²) in [5.74, 6) is 1.45. The number of hydrogen-bond donors (Lipinski definition) is 2. The van der Waals surface area contributed by atoms with E-state index in [1.165, 1.54) is 13.2 Å². The van der Waals surface area contributed by atoms with E-state index in [1.54, 1.807) is 23.5 Å². The summed E-state index contributed by atoms with van der Waals surface area (Å²) in [5, 5.41) is 9.36. The Morgan fingerprint density at radius 2 is 2.07 bits per heavy atom. The first-order valence-corrected chi connectivity index (χ1v) is 9.89. The average Bonchev–Trinajstić information content (AvgIpc) is 3.13. The Morgan fingerprint density at radius 3 is 2.68 bits per heavy atom. The molecule has 9 heteroatoms. The van der Waals surface area contributed by atoms with Crippen molar-refractivity contribution in [3.8, 4) is 11.5 Å². The Kier molecular flexibility index (Phi) is 8.43. The van der Waals surface area contributed by atoms with Gasteiger partial charge in [0.15, 0.2) is 5.96 Å². The van der Waals surface area contributed by atoms with Crippen molar-refractivity contribution >= 4 is 17.3 Å². The number of hydrogen-bond acceptors (Lipinski definition) is 5. The van der Waals surface area contributed by atoms with Crippen molar-refractivity contribution in [2.45, 2.75) is 46.4 Å². The molecular weight excluding hydrogens is 386 g/mol. The molecule has 2 aromatic rings. The van der Waals surface area contributed by atoms with Crippen LogP contribution in [0.3, 0.4) is 0 Å². The van der Waals surface area contributed by atoms with Crippen molar-refractivity contribution in [1.82, 2.24) is 15.6 Å². The second-order valence-corrected chi connectivity index (χ2v) is 7.16. The molecule has 0 bridgehead atoms. The van der Waals surface area contributed by atoms with Crippen LogP contribution in [0.15, 0.2) is 28.6 Å². The molecule has 0 atom stereocenters. The van der Waals surface area contributed by atoms with E-state index < -0.39 is 6.61 Å². The first-order valence-electron chi connectivity index (χ1n) is 9.01. The monoisotopic (exact) mass is 412 g/mol. The third kappa shape index (κ3) is 6.63. The number of alkyl halides is 2. The molecule has 0 radical (unpaired) electrons. The molecule has 1 aromatic heterocycles. The second-order valence-electron chi connectivity index (χ2n) is 6.22. The van der Waals surface area contributed by atoms with Crippen LogP contribution in [0, 0.1) is 0 Å². The Labute approximate surface area is 168 Å². The smallest absolute Gasteiger partial charge is 0.387 e. The molecule has 0 aliphatic rings. The summed E-state index contributed by atoms with van der Waals surface area (Å²) in [6.45, 7) is 4.63. The third-order valence-corrected chi connectivity index (χ3v) is 4.68. The molecule has 0 unspecified atom stereocenters. The Balaban J connectivity index is 2.08. The van der Waals surface area contributed by atoms with Gasteiger partial charge in [0, 0.05) is 23.6 Å². The first-order chi connectivity index (χ1) is 13.4. The van der Waals surface area contributed by atoms with Crippen LogP contribution in [0.2, 0.25) is 0 Å². The van der Waals surface area contributed by atoms with Gasteiger partial charge in [-0.2, -0.15) is 8.78 Å². The molecule has 0 aliphatic carbocycles. The van der Waals surface area contributed by atoms with Crippen LogP contribution in [-0.2, 0) is 13.1 Å². The lowest BCUT2D eigenvalue weighted by molar-refractivity contribution is -0.0505. The summed E-state index contributed by atoms with van der Waals surface area (Å²) in [5.41, 5.74) is 1.60. The van der Waals surface area contributed by atoms with Crippen molar-refractivity contribution in [3.63, 3.8) is 0 Å². The predicted octanol–water partition coefficient (Wildman–Crippen LogP) is 4.13. The van der Waals surface area contributed by atoms with E-state index in [4.69, 9.17) is 4.74 Å². The molecule has 0 aliphatic heterocycles. The molecule has 0 fully saturated rings. The zero-order chi connectivity index (χ0) is 20.5. The fourth-order valence-corrected chi connectivity index (χ4v) is 3.23. The van der Waals surface area contributed by atoms with Gasteiger partial charge < -0.3 is 20.1 Å². The van der Waals surface area contributed by atoms with Crippen LogP contribution in [0.4, 0.5) is 8.78 Å². The number of nitrogens with one attached hydrogen (secondary N) is 2. The fourth-order valence-electron chi connectivity index (χ4n) is 2.33. The minimum absolute atomic E-state index is 0.0513. The Hall–Kier alpha value is -2.42. The number of aliphatic imine (C=N–C) groups is 1. The maximum atomic E-state index is 12.7. The molecule has 2 N–H and O–H groups in total. The molecule has 0 saturated carbocycles. The van der Waals surface area contributed by atoms with E-state index in [0.29, 0.717) is 36.3 Å². The number of rotatable bonds is 9. The highest BCUT2D eigenvalue weighted by Crippen LogP contribution is 2.27. The van der Waals surface area contributed by atoms with Crippen LogP contribution < -0.4 is 20.1 Å². The van der Waals surface area contributed by atoms with Gasteiger partial charge >= 0.3 is 6.61 Å². The Morgan fingerprint density at radius 1 is 1.29 bits per heavy atom. The number of ether oxygens (including phenoxy) is 2. The molecule has 1 aromatic carbocycles. The third-order valence-electron chi connectivity index (χ3n) is 3.81. The molecule has 154 valence electrons. The molecule has 28 heavy (non-hydrogen) atoms. The number of thiazole rings is 1. The molecule has 0 spiro atoms. The highest BCUT2D eigenvalue weighted by atomic mass is 32.1. The average molecular weight is 413 g/mol. The van der Waals surface area contributed by atoms with Gasteiger partial charge in [-0.25, -0.2) is 9.98 Å². The molecule has 6 nitrogen and oxygen atoms in total. The maximum absolute atomic E-state index is 12.7. The van der Waals surface area contributed by atoms with Crippen molar-refractivity contribution in [2.24, 2.45) is 4.99 Å². The lowest BCUT2D eigenvalue weighted by Crippen LogP contribution is -2.36. The minimum Gasteiger partial charge on any atom is -0.497 e. The molecule has 0 saturated heterocycles. The van der Waals surface area contributed by atoms with E-state index in [0.717, 1.165) is 10.7 Å². The van der Waals surface area contributed by atoms with Crippen LogP contribution >= 0.6 is 11.3 Å². The van der Waals surface area contributed by atoms with Crippen LogP contribution in [0.25, 0.3) is 0 Å². The zero-order valence-electron chi connectivity index (χ0n) is 16.5. The van der Waals surface area contributed by atoms with Gasteiger partial charge in [-0.1, -0.05) is 13.8 Å². The topological polar surface area (TPSA) is 67.8 Å². The second kappa shape index (κ2) is 10.8. The standard InChI is InChI=1S/C19H26F2N4O2S/c1-5-22-19(24-10-17-25-15(11-28-17)12(2)3)23-9-13-6-7-14(26-4)8-16(13)27-18(20)21/h6-8,11-12,18H,5,9-10H2,1-4H3,(H2,22,23,24). The minimum atomic E-state index is -2.92. The lowest BCUT2D eigenvalue weighted by Gasteiger charge is -2.13.